The normalized spacial score (nSPS) is 12.7. The molecule has 0 saturated carbocycles. The van der Waals surface area contributed by atoms with E-state index in [-0.39, 0.29) is 6.04 Å². The highest BCUT2D eigenvalue weighted by molar-refractivity contribution is 5.81. The molecular weight excluding hydrogens is 224 g/mol. The molecule has 0 aliphatic carbocycles. The van der Waals surface area contributed by atoms with Gasteiger partial charge in [0.25, 0.3) is 0 Å². The third-order valence-electron chi connectivity index (χ3n) is 3.12. The van der Waals surface area contributed by atoms with Gasteiger partial charge in [-0.25, -0.2) is 5.43 Å². The Kier molecular flexibility index (Phi) is 2.84. The van der Waals surface area contributed by atoms with Crippen molar-refractivity contribution < 1.29 is 4.42 Å². The van der Waals surface area contributed by atoms with Gasteiger partial charge in [0.2, 0.25) is 0 Å². The summed E-state index contributed by atoms with van der Waals surface area (Å²) in [5.41, 5.74) is 5.90. The van der Waals surface area contributed by atoms with Gasteiger partial charge in [-0.3, -0.25) is 5.84 Å². The summed E-state index contributed by atoms with van der Waals surface area (Å²) in [5.74, 6) is 5.70. The molecule has 0 aliphatic rings. The molecular formula is C15H14N2O. The van der Waals surface area contributed by atoms with Gasteiger partial charge < -0.3 is 4.42 Å². The molecule has 0 aliphatic heterocycles. The van der Waals surface area contributed by atoms with Gasteiger partial charge >= 0.3 is 0 Å². The number of benzene rings is 2. The summed E-state index contributed by atoms with van der Waals surface area (Å²) in [4.78, 5) is 0. The number of nitrogens with two attached hydrogens (primary N) is 1. The van der Waals surface area contributed by atoms with Gasteiger partial charge in [0, 0.05) is 10.9 Å². The standard InChI is InChI=1S/C15H14N2O/c16-17-15(11-6-2-1-3-7-11)13-10-18-14-9-5-4-8-12(13)14/h1-10,15,17H,16H2. The number of hydrogen-bond donors (Lipinski definition) is 2. The van der Waals surface area contributed by atoms with Gasteiger partial charge in [0.15, 0.2) is 0 Å². The first kappa shape index (κ1) is 11.0. The first-order valence-corrected chi connectivity index (χ1v) is 5.87. The Balaban J connectivity index is 2.12. The highest BCUT2D eigenvalue weighted by atomic mass is 16.3. The second-order valence-corrected chi connectivity index (χ2v) is 4.20. The Morgan fingerprint density at radius 3 is 2.44 bits per heavy atom. The molecule has 1 unspecified atom stereocenters. The molecule has 3 rings (SSSR count). The Morgan fingerprint density at radius 2 is 1.67 bits per heavy atom. The van der Waals surface area contributed by atoms with Gasteiger partial charge in [0.1, 0.15) is 5.58 Å². The van der Waals surface area contributed by atoms with Crippen LogP contribution in [0.2, 0.25) is 0 Å². The van der Waals surface area contributed by atoms with Crippen LogP contribution in [0.25, 0.3) is 11.0 Å². The highest BCUT2D eigenvalue weighted by Crippen LogP contribution is 2.29. The summed E-state index contributed by atoms with van der Waals surface area (Å²) < 4.78 is 5.56. The molecule has 0 fully saturated rings. The lowest BCUT2D eigenvalue weighted by Crippen LogP contribution is -2.28. The van der Waals surface area contributed by atoms with Crippen LogP contribution < -0.4 is 11.3 Å². The van der Waals surface area contributed by atoms with E-state index in [1.807, 2.05) is 54.6 Å². The maximum absolute atomic E-state index is 5.70. The minimum Gasteiger partial charge on any atom is -0.464 e. The van der Waals surface area contributed by atoms with Crippen molar-refractivity contribution in [2.24, 2.45) is 5.84 Å². The van der Waals surface area contributed by atoms with Gasteiger partial charge in [-0.1, -0.05) is 48.5 Å². The topological polar surface area (TPSA) is 51.2 Å². The summed E-state index contributed by atoms with van der Waals surface area (Å²) in [6.45, 7) is 0. The van der Waals surface area contributed by atoms with Crippen LogP contribution in [0, 0.1) is 0 Å². The van der Waals surface area contributed by atoms with Crippen molar-refractivity contribution in [2.45, 2.75) is 6.04 Å². The molecule has 90 valence electrons. The van der Waals surface area contributed by atoms with Crippen molar-refractivity contribution in [1.29, 1.82) is 0 Å². The first-order valence-electron chi connectivity index (χ1n) is 5.87. The Hall–Kier alpha value is -2.10. The summed E-state index contributed by atoms with van der Waals surface area (Å²) in [5, 5.41) is 1.09. The zero-order valence-electron chi connectivity index (χ0n) is 9.84. The Labute approximate surface area is 105 Å². The molecule has 0 saturated heterocycles. The third-order valence-corrected chi connectivity index (χ3v) is 3.12. The van der Waals surface area contributed by atoms with E-state index in [0.29, 0.717) is 0 Å². The quantitative estimate of drug-likeness (QED) is 0.545. The summed E-state index contributed by atoms with van der Waals surface area (Å²) in [7, 11) is 0. The van der Waals surface area contributed by atoms with Gasteiger partial charge in [0.05, 0.1) is 12.3 Å². The van der Waals surface area contributed by atoms with Crippen molar-refractivity contribution in [3.8, 4) is 0 Å². The van der Waals surface area contributed by atoms with Crippen LogP contribution in [0.15, 0.2) is 65.3 Å². The molecule has 3 aromatic rings. The van der Waals surface area contributed by atoms with Crippen molar-refractivity contribution in [2.75, 3.05) is 0 Å². The van der Waals surface area contributed by atoms with E-state index in [4.69, 9.17) is 10.3 Å². The second kappa shape index (κ2) is 4.64. The average molecular weight is 238 g/mol. The number of hydrogen-bond acceptors (Lipinski definition) is 3. The van der Waals surface area contributed by atoms with Crippen LogP contribution in [0.1, 0.15) is 17.2 Å². The molecule has 1 heterocycles. The Morgan fingerprint density at radius 1 is 0.944 bits per heavy atom. The van der Waals surface area contributed by atoms with E-state index in [9.17, 15) is 0 Å². The van der Waals surface area contributed by atoms with Gasteiger partial charge in [-0.05, 0) is 11.6 Å². The molecule has 0 radical (unpaired) electrons. The first-order chi connectivity index (χ1) is 8.90. The molecule has 0 bridgehead atoms. The fourth-order valence-electron chi connectivity index (χ4n) is 2.23. The minimum absolute atomic E-state index is 0.0603. The van der Waals surface area contributed by atoms with E-state index in [2.05, 4.69) is 5.43 Å². The maximum atomic E-state index is 5.70. The highest BCUT2D eigenvalue weighted by Gasteiger charge is 2.17. The summed E-state index contributed by atoms with van der Waals surface area (Å²) in [6, 6.07) is 18.0. The molecule has 1 aromatic heterocycles. The number of fused-ring (bicyclic) bond motifs is 1. The van der Waals surface area contributed by atoms with Crippen molar-refractivity contribution in [1.82, 2.24) is 5.43 Å². The molecule has 2 aromatic carbocycles. The van der Waals surface area contributed by atoms with Crippen LogP contribution in [0.3, 0.4) is 0 Å². The van der Waals surface area contributed by atoms with E-state index in [0.717, 1.165) is 22.1 Å². The van der Waals surface area contributed by atoms with E-state index in [1.165, 1.54) is 0 Å². The van der Waals surface area contributed by atoms with Crippen molar-refractivity contribution in [3.63, 3.8) is 0 Å². The monoisotopic (exact) mass is 238 g/mol. The lowest BCUT2D eigenvalue weighted by atomic mass is 9.99. The van der Waals surface area contributed by atoms with Crippen molar-refractivity contribution in [3.05, 3.63) is 72.0 Å². The number of furan rings is 1. The van der Waals surface area contributed by atoms with Gasteiger partial charge in [-0.2, -0.15) is 0 Å². The average Bonchev–Trinajstić information content (AvgIpc) is 2.85. The SMILES string of the molecule is NNC(c1ccccc1)c1coc2ccccc12. The zero-order valence-corrected chi connectivity index (χ0v) is 9.84. The molecule has 3 nitrogen and oxygen atoms in total. The van der Waals surface area contributed by atoms with Crippen LogP contribution in [0.4, 0.5) is 0 Å². The number of para-hydroxylation sites is 1. The van der Waals surface area contributed by atoms with Crippen LogP contribution in [0.5, 0.6) is 0 Å². The molecule has 0 spiro atoms. The predicted molar refractivity (Wildman–Crippen MR) is 71.8 cm³/mol. The van der Waals surface area contributed by atoms with E-state index >= 15 is 0 Å². The van der Waals surface area contributed by atoms with E-state index in [1.54, 1.807) is 6.26 Å². The van der Waals surface area contributed by atoms with Crippen LogP contribution in [-0.2, 0) is 0 Å². The fourth-order valence-corrected chi connectivity index (χ4v) is 2.23. The third kappa shape index (κ3) is 1.79. The van der Waals surface area contributed by atoms with Crippen LogP contribution >= 0.6 is 0 Å². The molecule has 18 heavy (non-hydrogen) atoms. The molecule has 1 atom stereocenters. The maximum Gasteiger partial charge on any atom is 0.134 e. The number of hydrazine groups is 1. The van der Waals surface area contributed by atoms with E-state index < -0.39 is 0 Å². The lowest BCUT2D eigenvalue weighted by molar-refractivity contribution is 0.586. The molecule has 3 heteroatoms. The summed E-state index contributed by atoms with van der Waals surface area (Å²) >= 11 is 0. The summed E-state index contributed by atoms with van der Waals surface area (Å²) in [6.07, 6.45) is 1.77. The number of nitrogens with one attached hydrogen (secondary N) is 1. The zero-order chi connectivity index (χ0) is 12.4. The smallest absolute Gasteiger partial charge is 0.134 e. The number of rotatable bonds is 3. The largest absolute Gasteiger partial charge is 0.464 e. The lowest BCUT2D eigenvalue weighted by Gasteiger charge is -2.15. The minimum atomic E-state index is -0.0603. The van der Waals surface area contributed by atoms with Crippen molar-refractivity contribution >= 4 is 11.0 Å². The predicted octanol–water partition coefficient (Wildman–Crippen LogP) is 2.99. The molecule has 0 amide bonds. The Bertz CT molecular complexity index is 646. The second-order valence-electron chi connectivity index (χ2n) is 4.20. The van der Waals surface area contributed by atoms with Crippen LogP contribution in [-0.4, -0.2) is 0 Å². The molecule has 3 N–H and O–H groups in total. The fraction of sp³-hybridized carbons (Fsp3) is 0.0667. The van der Waals surface area contributed by atoms with Gasteiger partial charge in [-0.15, -0.1) is 0 Å².